The first kappa shape index (κ1) is 14.5. The van der Waals surface area contributed by atoms with Crippen LogP contribution in [0.2, 0.25) is 0 Å². The maximum atomic E-state index is 12.1. The predicted molar refractivity (Wildman–Crippen MR) is 76.0 cm³/mol. The average Bonchev–Trinajstić information content (AvgIpc) is 2.65. The van der Waals surface area contributed by atoms with Crippen molar-refractivity contribution in [3.8, 4) is 0 Å². The van der Waals surface area contributed by atoms with E-state index in [1.807, 2.05) is 0 Å². The summed E-state index contributed by atoms with van der Waals surface area (Å²) in [4.78, 5) is 23.3. The van der Waals surface area contributed by atoms with Crippen LogP contribution in [0.4, 0.5) is 4.79 Å². The molecule has 2 rings (SSSR count). The number of carboxylic acid groups (broad SMARTS) is 1. The molecule has 1 aromatic carbocycles. The van der Waals surface area contributed by atoms with E-state index < -0.39 is 17.7 Å². The molecule has 0 saturated carbocycles. The summed E-state index contributed by atoms with van der Waals surface area (Å²) in [6, 6.07) is 4.90. The zero-order chi connectivity index (χ0) is 15.1. The Kier molecular flexibility index (Phi) is 3.56. The molecule has 0 amide bonds. The minimum atomic E-state index is -1.26. The third-order valence-corrected chi connectivity index (χ3v) is 2.91. The molecule has 0 bridgehead atoms. The molecule has 7 heteroatoms. The average molecular weight is 341 g/mol. The second-order valence-corrected chi connectivity index (χ2v) is 6.12. The largest absolute Gasteiger partial charge is 0.463 e. The van der Waals surface area contributed by atoms with E-state index in [2.05, 4.69) is 21.0 Å². The predicted octanol–water partition coefficient (Wildman–Crippen LogP) is 3.28. The van der Waals surface area contributed by atoms with E-state index in [9.17, 15) is 9.59 Å². The number of carbonyl (C=O) groups excluding carboxylic acids is 1. The zero-order valence-corrected chi connectivity index (χ0v) is 12.8. The number of benzene rings is 1. The van der Waals surface area contributed by atoms with Crippen molar-refractivity contribution in [3.05, 3.63) is 28.4 Å². The number of hydrogen-bond donors (Lipinski definition) is 1. The Morgan fingerprint density at radius 2 is 2.00 bits per heavy atom. The van der Waals surface area contributed by atoms with E-state index in [4.69, 9.17) is 9.84 Å². The van der Waals surface area contributed by atoms with E-state index in [-0.39, 0.29) is 5.69 Å². The van der Waals surface area contributed by atoms with Gasteiger partial charge in [-0.05, 0) is 39.0 Å². The van der Waals surface area contributed by atoms with E-state index in [1.165, 1.54) is 0 Å². The van der Waals surface area contributed by atoms with Gasteiger partial charge in [0.05, 0.1) is 5.52 Å². The van der Waals surface area contributed by atoms with Gasteiger partial charge in [0.25, 0.3) is 0 Å². The van der Waals surface area contributed by atoms with Crippen LogP contribution >= 0.6 is 15.9 Å². The molecule has 0 atom stereocenters. The first-order valence-corrected chi connectivity index (χ1v) is 6.63. The van der Waals surface area contributed by atoms with Crippen molar-refractivity contribution in [2.45, 2.75) is 26.4 Å². The maximum absolute atomic E-state index is 12.1. The summed E-state index contributed by atoms with van der Waals surface area (Å²) in [6.45, 7) is 5.20. The number of halogens is 1. The fourth-order valence-corrected chi connectivity index (χ4v) is 2.07. The highest BCUT2D eigenvalue weighted by atomic mass is 79.9. The van der Waals surface area contributed by atoms with Crippen LogP contribution in [0.15, 0.2) is 22.7 Å². The molecule has 0 spiro atoms. The third kappa shape index (κ3) is 2.82. The second kappa shape index (κ2) is 4.90. The molecule has 0 aliphatic carbocycles. The van der Waals surface area contributed by atoms with Crippen LogP contribution in [0.5, 0.6) is 0 Å². The summed E-state index contributed by atoms with van der Waals surface area (Å²) in [5, 5.41) is 13.4. The summed E-state index contributed by atoms with van der Waals surface area (Å²) in [5.41, 5.74) is -0.359. The van der Waals surface area contributed by atoms with Gasteiger partial charge in [0.15, 0.2) is 5.69 Å². The number of nitrogens with zero attached hydrogens (tertiary/aromatic N) is 2. The van der Waals surface area contributed by atoms with Crippen LogP contribution in [0, 0.1) is 0 Å². The maximum Gasteiger partial charge on any atom is 0.432 e. The highest BCUT2D eigenvalue weighted by Crippen LogP contribution is 2.24. The molecule has 0 unspecified atom stereocenters. The van der Waals surface area contributed by atoms with Gasteiger partial charge < -0.3 is 9.84 Å². The van der Waals surface area contributed by atoms with E-state index in [0.717, 1.165) is 9.15 Å². The number of hydrogen-bond acceptors (Lipinski definition) is 4. The number of esters is 1. The van der Waals surface area contributed by atoms with Gasteiger partial charge in [-0.15, -0.1) is 0 Å². The zero-order valence-electron chi connectivity index (χ0n) is 11.2. The highest BCUT2D eigenvalue weighted by Gasteiger charge is 2.25. The van der Waals surface area contributed by atoms with Crippen molar-refractivity contribution in [3.63, 3.8) is 0 Å². The molecule has 106 valence electrons. The topological polar surface area (TPSA) is 81.4 Å². The fraction of sp³-hybridized carbons (Fsp3) is 0.308. The molecule has 0 radical (unpaired) electrons. The van der Waals surface area contributed by atoms with Crippen molar-refractivity contribution in [2.24, 2.45) is 0 Å². The van der Waals surface area contributed by atoms with Gasteiger partial charge in [0, 0.05) is 9.86 Å². The Labute approximate surface area is 123 Å². The summed E-state index contributed by atoms with van der Waals surface area (Å²) in [7, 11) is 0. The molecule has 6 nitrogen and oxygen atoms in total. The Bertz CT molecular complexity index is 700. The second-order valence-electron chi connectivity index (χ2n) is 5.21. The van der Waals surface area contributed by atoms with Gasteiger partial charge in [0.1, 0.15) is 5.60 Å². The van der Waals surface area contributed by atoms with Gasteiger partial charge in [-0.3, -0.25) is 0 Å². The highest BCUT2D eigenvalue weighted by molar-refractivity contribution is 9.10. The number of fused-ring (bicyclic) bond motifs is 1. The lowest BCUT2D eigenvalue weighted by molar-refractivity contribution is 0.00646. The van der Waals surface area contributed by atoms with Crippen LogP contribution in [0.25, 0.3) is 10.9 Å². The molecule has 0 fully saturated rings. The van der Waals surface area contributed by atoms with E-state index >= 15 is 0 Å². The smallest absolute Gasteiger partial charge is 0.432 e. The van der Waals surface area contributed by atoms with Gasteiger partial charge in [-0.25, -0.2) is 9.59 Å². The van der Waals surface area contributed by atoms with Gasteiger partial charge in [0.2, 0.25) is 0 Å². The molecule has 1 N–H and O–H groups in total. The van der Waals surface area contributed by atoms with Crippen LogP contribution < -0.4 is 0 Å². The van der Waals surface area contributed by atoms with Crippen molar-refractivity contribution in [1.29, 1.82) is 0 Å². The first-order chi connectivity index (χ1) is 9.19. The molecule has 0 aliphatic rings. The Morgan fingerprint density at radius 1 is 1.35 bits per heavy atom. The molecule has 20 heavy (non-hydrogen) atoms. The van der Waals surface area contributed by atoms with Crippen LogP contribution in [0.3, 0.4) is 0 Å². The summed E-state index contributed by atoms with van der Waals surface area (Å²) in [5.74, 6) is -0.652. The minimum absolute atomic E-state index is 0.0152. The normalized spacial score (nSPS) is 11.6. The van der Waals surface area contributed by atoms with Crippen LogP contribution in [-0.4, -0.2) is 32.6 Å². The number of rotatable bonds is 1. The quantitative estimate of drug-likeness (QED) is 0.805. The van der Waals surface area contributed by atoms with Crippen molar-refractivity contribution in [1.82, 2.24) is 9.78 Å². The molecule has 1 aromatic heterocycles. The summed E-state index contributed by atoms with van der Waals surface area (Å²) >= 11 is 3.29. The van der Waals surface area contributed by atoms with Crippen molar-refractivity contribution < 1.29 is 19.4 Å². The molecule has 0 aliphatic heterocycles. The number of aromatic nitrogens is 2. The molecule has 1 heterocycles. The third-order valence-electron chi connectivity index (χ3n) is 2.42. The van der Waals surface area contributed by atoms with Gasteiger partial charge in [-0.2, -0.15) is 9.78 Å². The van der Waals surface area contributed by atoms with Crippen molar-refractivity contribution >= 4 is 38.9 Å². The fourth-order valence-electron chi connectivity index (χ4n) is 1.71. The van der Waals surface area contributed by atoms with Crippen LogP contribution in [0.1, 0.15) is 31.3 Å². The summed E-state index contributed by atoms with van der Waals surface area (Å²) in [6.07, 6.45) is -1.26. The molecular weight excluding hydrogens is 328 g/mol. The first-order valence-electron chi connectivity index (χ1n) is 5.84. The number of ether oxygens (including phenoxy) is 1. The number of carbonyl (C=O) groups is 2. The monoisotopic (exact) mass is 340 g/mol. The lowest BCUT2D eigenvalue weighted by atomic mass is 10.2. The molecule has 0 saturated heterocycles. The molecule has 2 aromatic rings. The van der Waals surface area contributed by atoms with Crippen LogP contribution in [-0.2, 0) is 4.74 Å². The Hall–Kier alpha value is -1.89. The lowest BCUT2D eigenvalue weighted by Crippen LogP contribution is -2.24. The van der Waals surface area contributed by atoms with Gasteiger partial charge in [-0.1, -0.05) is 15.9 Å². The SMILES string of the molecule is CC(C)(C)OC(=O)c1nn(C(=O)O)c2ccc(Br)cc12. The van der Waals surface area contributed by atoms with Gasteiger partial charge >= 0.3 is 12.1 Å². The minimum Gasteiger partial charge on any atom is -0.463 e. The Balaban J connectivity index is 2.61. The standard InChI is InChI=1S/C13H13BrN2O4/c1-13(2,3)20-11(17)10-8-6-7(14)4-5-9(8)16(15-10)12(18)19/h4-6H,1-3H3,(H,18,19). The van der Waals surface area contributed by atoms with E-state index in [1.54, 1.807) is 39.0 Å². The molecular formula is C13H13BrN2O4. The van der Waals surface area contributed by atoms with E-state index in [0.29, 0.717) is 10.9 Å². The van der Waals surface area contributed by atoms with Crippen molar-refractivity contribution in [2.75, 3.05) is 0 Å². The summed E-state index contributed by atoms with van der Waals surface area (Å²) < 4.78 is 6.73. The lowest BCUT2D eigenvalue weighted by Gasteiger charge is -2.18. The Morgan fingerprint density at radius 3 is 2.55 bits per heavy atom.